The van der Waals surface area contributed by atoms with Crippen LogP contribution in [0.25, 0.3) is 21.9 Å². The van der Waals surface area contributed by atoms with Gasteiger partial charge in [0.1, 0.15) is 5.60 Å². The molecule has 0 amide bonds. The van der Waals surface area contributed by atoms with Gasteiger partial charge in [-0.2, -0.15) is 5.10 Å². The Balaban J connectivity index is 1.82. The maximum absolute atomic E-state index is 11.4. The highest BCUT2D eigenvalue weighted by atomic mass is 16.3. The first-order valence-corrected chi connectivity index (χ1v) is 8.33. The van der Waals surface area contributed by atoms with Gasteiger partial charge in [0.25, 0.3) is 0 Å². The molecular formula is C20H20N4O. The molecule has 5 nitrogen and oxygen atoms in total. The molecule has 0 aliphatic carbocycles. The van der Waals surface area contributed by atoms with Crippen LogP contribution in [0.5, 0.6) is 0 Å². The molecule has 1 atom stereocenters. The van der Waals surface area contributed by atoms with Crippen molar-refractivity contribution in [1.29, 1.82) is 0 Å². The fourth-order valence-electron chi connectivity index (χ4n) is 3.34. The topological polar surface area (TPSA) is 77.6 Å². The molecule has 4 aromatic rings. The third-order valence-corrected chi connectivity index (χ3v) is 4.86. The van der Waals surface area contributed by atoms with Crippen molar-refractivity contribution in [1.82, 2.24) is 20.2 Å². The molecule has 2 heterocycles. The molecule has 0 saturated heterocycles. The minimum atomic E-state index is -1.10. The highest BCUT2D eigenvalue weighted by molar-refractivity contribution is 5.88. The van der Waals surface area contributed by atoms with E-state index in [1.54, 1.807) is 12.5 Å². The van der Waals surface area contributed by atoms with Gasteiger partial charge in [0.15, 0.2) is 0 Å². The van der Waals surface area contributed by atoms with E-state index in [0.717, 1.165) is 27.5 Å². The van der Waals surface area contributed by atoms with E-state index in [9.17, 15) is 5.11 Å². The van der Waals surface area contributed by atoms with Gasteiger partial charge in [0.2, 0.25) is 0 Å². The Morgan fingerprint density at radius 1 is 1.00 bits per heavy atom. The second-order valence-electron chi connectivity index (χ2n) is 6.65. The molecule has 0 saturated carbocycles. The maximum atomic E-state index is 11.4. The molecule has 0 aliphatic rings. The number of imidazole rings is 1. The smallest absolute Gasteiger partial charge is 0.133 e. The molecule has 0 radical (unpaired) electrons. The predicted molar refractivity (Wildman–Crippen MR) is 98.0 cm³/mol. The van der Waals surface area contributed by atoms with Gasteiger partial charge >= 0.3 is 0 Å². The molecule has 4 rings (SSSR count). The summed E-state index contributed by atoms with van der Waals surface area (Å²) in [6.45, 7) is 4.01. The summed E-state index contributed by atoms with van der Waals surface area (Å²) in [7, 11) is 0. The molecular weight excluding hydrogens is 312 g/mol. The minimum absolute atomic E-state index is 0.00407. The van der Waals surface area contributed by atoms with E-state index in [0.29, 0.717) is 5.69 Å². The van der Waals surface area contributed by atoms with E-state index in [1.807, 2.05) is 32.3 Å². The van der Waals surface area contributed by atoms with Crippen LogP contribution in [0.3, 0.4) is 0 Å². The Morgan fingerprint density at radius 3 is 2.48 bits per heavy atom. The van der Waals surface area contributed by atoms with Crippen molar-refractivity contribution in [2.45, 2.75) is 19.4 Å². The van der Waals surface area contributed by atoms with E-state index in [2.05, 4.69) is 50.5 Å². The van der Waals surface area contributed by atoms with Crippen molar-refractivity contribution in [3.8, 4) is 11.1 Å². The van der Waals surface area contributed by atoms with Crippen LogP contribution in [0.15, 0.2) is 61.3 Å². The summed E-state index contributed by atoms with van der Waals surface area (Å²) >= 11 is 0. The van der Waals surface area contributed by atoms with Gasteiger partial charge in [0, 0.05) is 11.8 Å². The van der Waals surface area contributed by atoms with Crippen molar-refractivity contribution in [3.63, 3.8) is 0 Å². The number of benzene rings is 2. The van der Waals surface area contributed by atoms with Gasteiger partial charge in [0.05, 0.1) is 24.4 Å². The summed E-state index contributed by atoms with van der Waals surface area (Å²) in [4.78, 5) is 7.14. The molecule has 1 unspecified atom stereocenters. The number of aromatic nitrogens is 4. The summed E-state index contributed by atoms with van der Waals surface area (Å²) in [5, 5.41) is 20.5. The fraction of sp³-hybridized carbons (Fsp3) is 0.200. The van der Waals surface area contributed by atoms with Crippen LogP contribution in [0.2, 0.25) is 0 Å². The normalized spacial score (nSPS) is 14.1. The van der Waals surface area contributed by atoms with E-state index in [4.69, 9.17) is 0 Å². The van der Waals surface area contributed by atoms with Crippen molar-refractivity contribution in [2.24, 2.45) is 5.92 Å². The first-order chi connectivity index (χ1) is 12.1. The van der Waals surface area contributed by atoms with Gasteiger partial charge in [-0.3, -0.25) is 5.10 Å². The van der Waals surface area contributed by atoms with Gasteiger partial charge in [-0.15, -0.1) is 0 Å². The Morgan fingerprint density at radius 2 is 1.80 bits per heavy atom. The summed E-state index contributed by atoms with van der Waals surface area (Å²) in [6, 6.07) is 12.4. The van der Waals surface area contributed by atoms with Crippen LogP contribution in [0.1, 0.15) is 25.1 Å². The highest BCUT2D eigenvalue weighted by Gasteiger charge is 2.36. The van der Waals surface area contributed by atoms with Gasteiger partial charge in [-0.1, -0.05) is 38.1 Å². The van der Waals surface area contributed by atoms with E-state index >= 15 is 0 Å². The number of aliphatic hydroxyl groups is 1. The molecule has 126 valence electrons. The maximum Gasteiger partial charge on any atom is 0.133 e. The number of fused-ring (bicyclic) bond motifs is 1. The number of hydrogen-bond acceptors (Lipinski definition) is 3. The standard InChI is InChI=1S/C20H20N4O/c1-13(2)20(25,19-11-21-12-22-19)18-6-5-14-7-15(3-4-16(14)8-18)17-9-23-24-10-17/h3-13,25H,1-2H3,(H,21,22)(H,23,24). The summed E-state index contributed by atoms with van der Waals surface area (Å²) in [5.74, 6) is -0.00407. The molecule has 5 heteroatoms. The molecule has 0 aliphatic heterocycles. The third-order valence-electron chi connectivity index (χ3n) is 4.86. The van der Waals surface area contributed by atoms with Crippen LogP contribution in [-0.4, -0.2) is 25.3 Å². The molecule has 0 bridgehead atoms. The second-order valence-corrected chi connectivity index (χ2v) is 6.65. The molecule has 0 fully saturated rings. The average molecular weight is 332 g/mol. The molecule has 2 aromatic heterocycles. The van der Waals surface area contributed by atoms with Crippen molar-refractivity contribution < 1.29 is 5.11 Å². The zero-order valence-electron chi connectivity index (χ0n) is 14.2. The van der Waals surface area contributed by atoms with Gasteiger partial charge in [-0.25, -0.2) is 4.98 Å². The predicted octanol–water partition coefficient (Wildman–Crippen LogP) is 3.84. The van der Waals surface area contributed by atoms with Crippen molar-refractivity contribution in [3.05, 3.63) is 72.6 Å². The monoisotopic (exact) mass is 332 g/mol. The number of H-pyrrole nitrogens is 2. The Bertz CT molecular complexity index is 990. The minimum Gasteiger partial charge on any atom is -0.379 e. The Labute approximate surface area is 145 Å². The Kier molecular flexibility index (Phi) is 3.66. The van der Waals surface area contributed by atoms with Gasteiger partial charge in [-0.05, 0) is 39.9 Å². The van der Waals surface area contributed by atoms with Crippen molar-refractivity contribution >= 4 is 10.8 Å². The third kappa shape index (κ3) is 2.53. The molecule has 25 heavy (non-hydrogen) atoms. The largest absolute Gasteiger partial charge is 0.379 e. The molecule has 2 aromatic carbocycles. The number of aromatic amines is 2. The highest BCUT2D eigenvalue weighted by Crippen LogP contribution is 2.37. The number of hydrogen-bond donors (Lipinski definition) is 3. The van der Waals surface area contributed by atoms with E-state index in [-0.39, 0.29) is 5.92 Å². The van der Waals surface area contributed by atoms with E-state index in [1.165, 1.54) is 0 Å². The summed E-state index contributed by atoms with van der Waals surface area (Å²) in [6.07, 6.45) is 6.98. The van der Waals surface area contributed by atoms with Crippen LogP contribution in [-0.2, 0) is 5.60 Å². The van der Waals surface area contributed by atoms with Crippen molar-refractivity contribution in [2.75, 3.05) is 0 Å². The zero-order valence-corrected chi connectivity index (χ0v) is 14.2. The molecule has 0 spiro atoms. The quantitative estimate of drug-likeness (QED) is 0.531. The van der Waals surface area contributed by atoms with Crippen LogP contribution >= 0.6 is 0 Å². The summed E-state index contributed by atoms with van der Waals surface area (Å²) < 4.78 is 0. The number of nitrogens with zero attached hydrogens (tertiary/aromatic N) is 2. The lowest BCUT2D eigenvalue weighted by atomic mass is 9.80. The lowest BCUT2D eigenvalue weighted by Gasteiger charge is -2.32. The first kappa shape index (κ1) is 15.6. The summed E-state index contributed by atoms with van der Waals surface area (Å²) in [5.41, 5.74) is 2.63. The second kappa shape index (κ2) is 5.86. The first-order valence-electron chi connectivity index (χ1n) is 8.33. The molecule has 3 N–H and O–H groups in total. The van der Waals surface area contributed by atoms with E-state index < -0.39 is 5.60 Å². The fourth-order valence-corrected chi connectivity index (χ4v) is 3.34. The van der Waals surface area contributed by atoms with Crippen LogP contribution < -0.4 is 0 Å². The number of nitrogens with one attached hydrogen (secondary N) is 2. The zero-order chi connectivity index (χ0) is 17.4. The average Bonchev–Trinajstić information content (AvgIpc) is 3.33. The van der Waals surface area contributed by atoms with Crippen LogP contribution in [0.4, 0.5) is 0 Å². The Hall–Kier alpha value is -2.92. The lowest BCUT2D eigenvalue weighted by Crippen LogP contribution is -2.33. The number of rotatable bonds is 4. The van der Waals surface area contributed by atoms with Gasteiger partial charge < -0.3 is 10.1 Å². The SMILES string of the molecule is CC(C)C(O)(c1ccc2cc(-c3cn[nH]c3)ccc2c1)c1cnc[nH]1. The lowest BCUT2D eigenvalue weighted by molar-refractivity contribution is 0.0281. The van der Waals surface area contributed by atoms with Crippen LogP contribution in [0, 0.1) is 5.92 Å².